The Morgan fingerprint density at radius 3 is 2.83 bits per heavy atom. The van der Waals surface area contributed by atoms with E-state index in [0.717, 1.165) is 0 Å². The van der Waals surface area contributed by atoms with Gasteiger partial charge in [-0.25, -0.2) is 14.3 Å². The third-order valence-corrected chi connectivity index (χ3v) is 3.71. The van der Waals surface area contributed by atoms with E-state index >= 15 is 0 Å². The highest BCUT2D eigenvalue weighted by atomic mass is 31.2. The van der Waals surface area contributed by atoms with Crippen molar-refractivity contribution in [2.75, 3.05) is 6.61 Å². The molecule has 11 heteroatoms. The minimum atomic E-state index is -4.64. The van der Waals surface area contributed by atoms with E-state index in [1.165, 1.54) is 12.3 Å². The molecule has 0 spiro atoms. The van der Waals surface area contributed by atoms with Crippen LogP contribution in [0.2, 0.25) is 0 Å². The summed E-state index contributed by atoms with van der Waals surface area (Å²) in [6.45, 7) is 1.32. The number of hydrogen-bond acceptors (Lipinski definition) is 5. The highest BCUT2D eigenvalue weighted by Crippen LogP contribution is 2.37. The van der Waals surface area contributed by atoms with Gasteiger partial charge in [0.2, 0.25) is 5.76 Å². The first-order chi connectivity index (χ1) is 11.2. The van der Waals surface area contributed by atoms with Gasteiger partial charge in [-0.3, -0.25) is 9.52 Å². The van der Waals surface area contributed by atoms with Crippen LogP contribution in [-0.4, -0.2) is 38.3 Å². The third kappa shape index (κ3) is 4.62. The molecule has 0 saturated carbocycles. The molecule has 2 rings (SSSR count). The third-order valence-electron chi connectivity index (χ3n) is 3.24. The number of pyridine rings is 1. The molecule has 1 aromatic heterocycles. The average molecular weight is 360 g/mol. The second-order valence-electron chi connectivity index (χ2n) is 4.97. The van der Waals surface area contributed by atoms with E-state index in [-0.39, 0.29) is 31.3 Å². The summed E-state index contributed by atoms with van der Waals surface area (Å²) in [5.41, 5.74) is 1.75. The highest BCUT2D eigenvalue weighted by molar-refractivity contribution is 7.46. The van der Waals surface area contributed by atoms with Crippen LogP contribution in [-0.2, 0) is 31.8 Å². The van der Waals surface area contributed by atoms with Gasteiger partial charge in [0, 0.05) is 13.0 Å². The van der Waals surface area contributed by atoms with Gasteiger partial charge in [-0.15, -0.1) is 0 Å². The van der Waals surface area contributed by atoms with E-state index in [0.29, 0.717) is 22.5 Å². The van der Waals surface area contributed by atoms with Crippen LogP contribution in [0.25, 0.3) is 0 Å². The van der Waals surface area contributed by atoms with Crippen LogP contribution in [0.1, 0.15) is 16.8 Å². The summed E-state index contributed by atoms with van der Waals surface area (Å²) in [5, 5.41) is 16.9. The number of carboxylic acids is 1. The van der Waals surface area contributed by atoms with Gasteiger partial charge in [0.15, 0.2) is 6.20 Å². The number of hydrogen-bond donors (Lipinski definition) is 3. The monoisotopic (exact) mass is 360 g/mol. The van der Waals surface area contributed by atoms with Gasteiger partial charge >= 0.3 is 19.5 Å². The van der Waals surface area contributed by atoms with Crippen molar-refractivity contribution in [1.82, 2.24) is 0 Å². The Kier molecular flexibility index (Phi) is 5.35. The van der Waals surface area contributed by atoms with E-state index in [2.05, 4.69) is 14.5 Å². The molecule has 10 nitrogen and oxygen atoms in total. The molecule has 0 saturated heterocycles. The number of ether oxygens (including phenoxy) is 1. The quantitative estimate of drug-likeness (QED) is 0.467. The van der Waals surface area contributed by atoms with Crippen molar-refractivity contribution in [1.29, 1.82) is 0 Å². The molecule has 0 aromatic carbocycles. The number of aromatic amines is 1. The molecule has 130 valence electrons. The van der Waals surface area contributed by atoms with Crippen molar-refractivity contribution in [3.8, 4) is 5.75 Å². The number of rotatable bonds is 6. The molecule has 24 heavy (non-hydrogen) atoms. The van der Waals surface area contributed by atoms with Gasteiger partial charge in [-0.05, 0) is 0 Å². The molecule has 1 aliphatic rings. The largest absolute Gasteiger partial charge is 0.589 e. The van der Waals surface area contributed by atoms with E-state index in [9.17, 15) is 9.36 Å². The first-order valence-electron chi connectivity index (χ1n) is 6.73. The van der Waals surface area contributed by atoms with Crippen molar-refractivity contribution in [3.63, 3.8) is 0 Å². The molecule has 6 N–H and O–H groups in total. The predicted octanol–water partition coefficient (Wildman–Crippen LogP) is -0.204. The first kappa shape index (κ1) is 18.1. The molecule has 1 aliphatic heterocycles. The van der Waals surface area contributed by atoms with Gasteiger partial charge in [0.05, 0.1) is 30.0 Å². The van der Waals surface area contributed by atoms with Gasteiger partial charge in [0.1, 0.15) is 6.61 Å². The molecule has 0 aliphatic carbocycles. The van der Waals surface area contributed by atoms with Gasteiger partial charge in [-0.2, -0.15) is 0 Å². The number of carboxylic acid groups (broad SMARTS) is 1. The Bertz CT molecular complexity index is 767. The zero-order chi connectivity index (χ0) is 17.9. The number of nitrogens with one attached hydrogen (secondary N) is 1. The Labute approximate surface area is 136 Å². The number of aliphatic imine (C=N–C) groups is 1. The van der Waals surface area contributed by atoms with Crippen LogP contribution < -0.4 is 4.98 Å². The standard InChI is InChI=1S/C13H15N2O8P/c1-7-12(16)10(8(3-14-7)5-23-24(19,20)21)4-15-9-2-11(13(17)18)22-6-9/h2-3,16H,4-6H2,1H3,(H,17,18)(H2,19,20,21)/p+2. The molecule has 0 radical (unpaired) electrons. The van der Waals surface area contributed by atoms with Crippen LogP contribution >= 0.6 is 7.82 Å². The lowest BCUT2D eigenvalue weighted by Crippen LogP contribution is -2.12. The van der Waals surface area contributed by atoms with Gasteiger partial charge in [-0.1, -0.05) is 0 Å². The number of H-pyrrole nitrogens is 1. The fourth-order valence-electron chi connectivity index (χ4n) is 1.99. The summed E-state index contributed by atoms with van der Waals surface area (Å²) in [5.74, 6) is -1.27. The normalized spacial score (nSPS) is 16.1. The number of phosphoric acid groups is 1. The number of nitrogens with zero attached hydrogens (tertiary/aromatic N) is 1. The maximum absolute atomic E-state index is 10.8. The van der Waals surface area contributed by atoms with E-state index in [1.54, 1.807) is 6.92 Å². The van der Waals surface area contributed by atoms with Gasteiger partial charge in [0.25, 0.3) is 5.69 Å². The second kappa shape index (κ2) is 7.10. The zero-order valence-corrected chi connectivity index (χ0v) is 13.5. The summed E-state index contributed by atoms with van der Waals surface area (Å²) in [6.07, 6.45) is 2.78. The maximum atomic E-state index is 10.8. The predicted molar refractivity (Wildman–Crippen MR) is 80.4 cm³/mol. The Hall–Kier alpha value is -2.26. The Morgan fingerprint density at radius 1 is 1.54 bits per heavy atom. The molecule has 0 atom stereocenters. The first-order valence-corrected chi connectivity index (χ1v) is 8.26. The fourth-order valence-corrected chi connectivity index (χ4v) is 2.29. The summed E-state index contributed by atoms with van der Waals surface area (Å²) >= 11 is 0. The van der Waals surface area contributed by atoms with Crippen molar-refractivity contribution in [2.45, 2.75) is 20.1 Å². The van der Waals surface area contributed by atoms with Crippen LogP contribution in [0.3, 0.4) is 0 Å². The van der Waals surface area contributed by atoms with E-state index in [4.69, 9.17) is 24.7 Å². The SMILES string of the molecule is Cc1[nH+]cc(COP(=O)(O)O)c(CN=C2C=C(C(=O)O)OC2)c1[OH2+]. The summed E-state index contributed by atoms with van der Waals surface area (Å²) in [7, 11) is -4.64. The van der Waals surface area contributed by atoms with Crippen molar-refractivity contribution < 1.29 is 43.6 Å². The molecule has 0 bridgehead atoms. The topological polar surface area (TPSA) is 163 Å². The number of carbonyl (C=O) groups is 1. The molecule has 0 amide bonds. The number of aromatic nitrogens is 1. The lowest BCUT2D eigenvalue weighted by molar-refractivity contribution is -0.389. The Morgan fingerprint density at radius 2 is 2.25 bits per heavy atom. The summed E-state index contributed by atoms with van der Waals surface area (Å²) in [6, 6.07) is 0. The lowest BCUT2D eigenvalue weighted by atomic mass is 10.1. The number of aryl methyl sites for hydroxylation is 1. The van der Waals surface area contributed by atoms with Gasteiger partial charge < -0.3 is 24.7 Å². The van der Waals surface area contributed by atoms with Crippen LogP contribution in [0, 0.1) is 6.92 Å². The van der Waals surface area contributed by atoms with E-state index in [1.807, 2.05) is 0 Å². The highest BCUT2D eigenvalue weighted by Gasteiger charge is 2.24. The molecular weight excluding hydrogens is 343 g/mol. The zero-order valence-electron chi connectivity index (χ0n) is 12.6. The van der Waals surface area contributed by atoms with Crippen molar-refractivity contribution >= 4 is 19.5 Å². The van der Waals surface area contributed by atoms with Crippen LogP contribution in [0.15, 0.2) is 23.0 Å². The maximum Gasteiger partial charge on any atom is 0.469 e. The summed E-state index contributed by atoms with van der Waals surface area (Å²) < 4.78 is 20.3. The molecule has 1 aromatic rings. The van der Waals surface area contributed by atoms with Crippen LogP contribution in [0.5, 0.6) is 5.75 Å². The van der Waals surface area contributed by atoms with Crippen molar-refractivity contribution in [3.05, 3.63) is 34.9 Å². The van der Waals surface area contributed by atoms with Crippen LogP contribution in [0.4, 0.5) is 0 Å². The number of phosphoric ester groups is 1. The Balaban J connectivity index is 2.24. The minimum Gasteiger partial charge on any atom is -0.589 e. The smallest absolute Gasteiger partial charge is 0.469 e. The second-order valence-corrected chi connectivity index (χ2v) is 6.21. The number of aliphatic carboxylic acids is 1. The lowest BCUT2D eigenvalue weighted by Gasteiger charge is -2.07. The molecular formula is C13H17N2O8P+2. The molecule has 0 unspecified atom stereocenters. The van der Waals surface area contributed by atoms with Crippen molar-refractivity contribution in [2.24, 2.45) is 4.99 Å². The minimum absolute atomic E-state index is 0.0151. The average Bonchev–Trinajstić information content (AvgIpc) is 2.95. The fraction of sp³-hybridized carbons (Fsp3) is 0.308. The molecule has 0 fully saturated rings. The molecule has 2 heterocycles. The van der Waals surface area contributed by atoms with E-state index < -0.39 is 13.8 Å². The summed E-state index contributed by atoms with van der Waals surface area (Å²) in [4.78, 5) is 35.4.